The third-order valence-electron chi connectivity index (χ3n) is 2.95. The van der Waals surface area contributed by atoms with Crippen molar-refractivity contribution in [2.24, 2.45) is 5.73 Å². The second kappa shape index (κ2) is 6.26. The smallest absolute Gasteiger partial charge is 0.243 e. The zero-order valence-electron chi connectivity index (χ0n) is 10.5. The van der Waals surface area contributed by atoms with E-state index in [9.17, 15) is 4.79 Å². The normalized spacial score (nSPS) is 16.6. The first-order valence-corrected chi connectivity index (χ1v) is 7.09. The lowest BCUT2D eigenvalue weighted by Crippen LogP contribution is -2.35. The second-order valence-corrected chi connectivity index (χ2v) is 5.44. The van der Waals surface area contributed by atoms with Crippen LogP contribution in [0.15, 0.2) is 5.38 Å². The van der Waals surface area contributed by atoms with Gasteiger partial charge in [-0.25, -0.2) is 4.98 Å². The number of carbonyl (C=O) groups excluding carboxylic acids is 1. The minimum atomic E-state index is -0.492. The van der Waals surface area contributed by atoms with Gasteiger partial charge in [0.05, 0.1) is 11.7 Å². The first kappa shape index (κ1) is 13.5. The van der Waals surface area contributed by atoms with Gasteiger partial charge in [0, 0.05) is 25.0 Å². The van der Waals surface area contributed by atoms with Crippen LogP contribution in [0.2, 0.25) is 0 Å². The maximum Gasteiger partial charge on any atom is 0.243 e. The van der Waals surface area contributed by atoms with Crippen molar-refractivity contribution in [3.8, 4) is 0 Å². The fraction of sp³-hybridized carbons (Fsp3) is 0.667. The van der Waals surface area contributed by atoms with E-state index in [-0.39, 0.29) is 5.91 Å². The van der Waals surface area contributed by atoms with Crippen molar-refractivity contribution in [1.82, 2.24) is 4.98 Å². The number of ether oxygens (including phenoxy) is 1. The first-order chi connectivity index (χ1) is 8.70. The molecule has 0 aliphatic heterocycles. The van der Waals surface area contributed by atoms with Crippen LogP contribution in [0.3, 0.4) is 0 Å². The molecule has 0 spiro atoms. The highest BCUT2D eigenvalue weighted by molar-refractivity contribution is 7.13. The Bertz CT molecular complexity index is 404. The number of aromatic nitrogens is 1. The molecule has 18 heavy (non-hydrogen) atoms. The third kappa shape index (κ3) is 3.76. The van der Waals surface area contributed by atoms with Crippen LogP contribution < -0.4 is 11.1 Å². The molecule has 0 saturated heterocycles. The van der Waals surface area contributed by atoms with Gasteiger partial charge in [0.2, 0.25) is 5.91 Å². The molecule has 6 heteroatoms. The van der Waals surface area contributed by atoms with Crippen LogP contribution in [0.25, 0.3) is 0 Å². The summed E-state index contributed by atoms with van der Waals surface area (Å²) < 4.78 is 4.93. The topological polar surface area (TPSA) is 77.2 Å². The van der Waals surface area contributed by atoms with E-state index >= 15 is 0 Å². The molecular weight excluding hydrogens is 250 g/mol. The summed E-state index contributed by atoms with van der Waals surface area (Å²) in [6.07, 6.45) is 3.85. The molecule has 0 bridgehead atoms. The Kier molecular flexibility index (Phi) is 4.68. The monoisotopic (exact) mass is 269 g/mol. The maximum absolute atomic E-state index is 11.8. The molecule has 1 fully saturated rings. The van der Waals surface area contributed by atoms with Crippen molar-refractivity contribution >= 4 is 22.4 Å². The average Bonchev–Trinajstić information content (AvgIpc) is 3.11. The molecule has 3 N–H and O–H groups in total. The van der Waals surface area contributed by atoms with Gasteiger partial charge in [-0.05, 0) is 25.7 Å². The van der Waals surface area contributed by atoms with E-state index in [1.807, 2.05) is 5.38 Å². The number of nitrogens with two attached hydrogens (primary N) is 1. The van der Waals surface area contributed by atoms with Crippen LogP contribution in [-0.2, 0) is 9.53 Å². The molecule has 1 atom stereocenters. The largest absolute Gasteiger partial charge is 0.385 e. The summed E-state index contributed by atoms with van der Waals surface area (Å²) in [7, 11) is 1.64. The molecule has 100 valence electrons. The molecule has 2 rings (SSSR count). The number of thiazole rings is 1. The lowest BCUT2D eigenvalue weighted by atomic mass is 10.1. The molecule has 1 aromatic heterocycles. The van der Waals surface area contributed by atoms with Gasteiger partial charge in [0.25, 0.3) is 0 Å². The van der Waals surface area contributed by atoms with Gasteiger partial charge in [0.1, 0.15) is 0 Å². The number of methoxy groups -OCH3 is 1. The van der Waals surface area contributed by atoms with Gasteiger partial charge in [0.15, 0.2) is 5.13 Å². The van der Waals surface area contributed by atoms with Crippen molar-refractivity contribution in [3.05, 3.63) is 11.1 Å². The highest BCUT2D eigenvalue weighted by Crippen LogP contribution is 2.40. The number of hydrogen-bond donors (Lipinski definition) is 2. The van der Waals surface area contributed by atoms with Gasteiger partial charge in [-0.2, -0.15) is 0 Å². The van der Waals surface area contributed by atoms with E-state index in [1.165, 1.54) is 24.2 Å². The number of hydrogen-bond acceptors (Lipinski definition) is 5. The number of rotatable bonds is 7. The molecule has 1 heterocycles. The summed E-state index contributed by atoms with van der Waals surface area (Å²) in [5, 5.41) is 5.45. The van der Waals surface area contributed by atoms with Gasteiger partial charge in [-0.3, -0.25) is 4.79 Å². The molecule has 0 radical (unpaired) electrons. The Morgan fingerprint density at radius 2 is 2.50 bits per heavy atom. The summed E-state index contributed by atoms with van der Waals surface area (Å²) >= 11 is 1.47. The lowest BCUT2D eigenvalue weighted by molar-refractivity contribution is -0.117. The SMILES string of the molecule is COCCCC(N)C(=O)Nc1nc(C2CC2)cs1. The van der Waals surface area contributed by atoms with Crippen molar-refractivity contribution in [3.63, 3.8) is 0 Å². The molecule has 1 aromatic rings. The van der Waals surface area contributed by atoms with Crippen LogP contribution in [0, 0.1) is 0 Å². The Labute approximate surface area is 111 Å². The lowest BCUT2D eigenvalue weighted by Gasteiger charge is -2.09. The summed E-state index contributed by atoms with van der Waals surface area (Å²) in [6.45, 7) is 0.629. The Hall–Kier alpha value is -0.980. The van der Waals surface area contributed by atoms with E-state index in [2.05, 4.69) is 10.3 Å². The highest BCUT2D eigenvalue weighted by Gasteiger charge is 2.26. The summed E-state index contributed by atoms with van der Waals surface area (Å²) in [5.41, 5.74) is 6.89. The summed E-state index contributed by atoms with van der Waals surface area (Å²) in [4.78, 5) is 16.2. The van der Waals surface area contributed by atoms with Gasteiger partial charge in [-0.15, -0.1) is 11.3 Å². The van der Waals surface area contributed by atoms with Gasteiger partial charge >= 0.3 is 0 Å². The molecule has 1 unspecified atom stereocenters. The molecule has 1 amide bonds. The molecule has 1 aliphatic rings. The third-order valence-corrected chi connectivity index (χ3v) is 3.72. The number of amides is 1. The predicted octanol–water partition coefficient (Wildman–Crippen LogP) is 1.71. The standard InChI is InChI=1S/C12H19N3O2S/c1-17-6-2-3-9(13)11(16)15-12-14-10(7-18-12)8-4-5-8/h7-9H,2-6,13H2,1H3,(H,14,15,16). The highest BCUT2D eigenvalue weighted by atomic mass is 32.1. The van der Waals surface area contributed by atoms with Crippen LogP contribution in [0.4, 0.5) is 5.13 Å². The summed E-state index contributed by atoms with van der Waals surface area (Å²) in [5.74, 6) is 0.449. The first-order valence-electron chi connectivity index (χ1n) is 6.21. The van der Waals surface area contributed by atoms with Gasteiger partial charge < -0.3 is 15.8 Å². The van der Waals surface area contributed by atoms with Crippen molar-refractivity contribution < 1.29 is 9.53 Å². The molecular formula is C12H19N3O2S. The maximum atomic E-state index is 11.8. The van der Waals surface area contributed by atoms with E-state index < -0.39 is 6.04 Å². The Balaban J connectivity index is 1.78. The van der Waals surface area contributed by atoms with Crippen LogP contribution in [0.1, 0.15) is 37.3 Å². The molecule has 0 aromatic carbocycles. The molecule has 1 saturated carbocycles. The minimum absolute atomic E-state index is 0.164. The van der Waals surface area contributed by atoms with Crippen molar-refractivity contribution in [2.45, 2.75) is 37.6 Å². The van der Waals surface area contributed by atoms with Crippen LogP contribution >= 0.6 is 11.3 Å². The Morgan fingerprint density at radius 1 is 1.72 bits per heavy atom. The van der Waals surface area contributed by atoms with Crippen LogP contribution in [-0.4, -0.2) is 30.6 Å². The van der Waals surface area contributed by atoms with Crippen molar-refractivity contribution in [1.29, 1.82) is 0 Å². The zero-order chi connectivity index (χ0) is 13.0. The van der Waals surface area contributed by atoms with Crippen LogP contribution in [0.5, 0.6) is 0 Å². The number of nitrogens with zero attached hydrogens (tertiary/aromatic N) is 1. The fourth-order valence-electron chi connectivity index (χ4n) is 1.69. The van der Waals surface area contributed by atoms with E-state index in [0.29, 0.717) is 24.1 Å². The quantitative estimate of drug-likeness (QED) is 0.739. The number of anilines is 1. The van der Waals surface area contributed by atoms with Gasteiger partial charge in [-0.1, -0.05) is 0 Å². The van der Waals surface area contributed by atoms with Crippen molar-refractivity contribution in [2.75, 3.05) is 19.0 Å². The summed E-state index contributed by atoms with van der Waals surface area (Å²) in [6, 6.07) is -0.492. The average molecular weight is 269 g/mol. The van der Waals surface area contributed by atoms with E-state index in [4.69, 9.17) is 10.5 Å². The number of carbonyl (C=O) groups is 1. The number of nitrogens with one attached hydrogen (secondary N) is 1. The van der Waals surface area contributed by atoms with E-state index in [1.54, 1.807) is 7.11 Å². The fourth-order valence-corrected chi connectivity index (χ4v) is 2.48. The van der Waals surface area contributed by atoms with E-state index in [0.717, 1.165) is 12.1 Å². The Morgan fingerprint density at radius 3 is 3.17 bits per heavy atom. The minimum Gasteiger partial charge on any atom is -0.385 e. The second-order valence-electron chi connectivity index (χ2n) is 4.58. The molecule has 1 aliphatic carbocycles. The predicted molar refractivity (Wildman–Crippen MR) is 71.8 cm³/mol. The molecule has 5 nitrogen and oxygen atoms in total. The zero-order valence-corrected chi connectivity index (χ0v) is 11.3.